The molecule has 0 aromatic rings. The number of carbonyl (C=O) groups is 2. The maximum absolute atomic E-state index is 12.0. The minimum absolute atomic E-state index is 0. The van der Waals surface area contributed by atoms with E-state index in [4.69, 9.17) is 10.5 Å². The number of nitrogens with two attached hydrogens (primary N) is 1. The van der Waals surface area contributed by atoms with Gasteiger partial charge in [-0.15, -0.1) is 12.4 Å². The summed E-state index contributed by atoms with van der Waals surface area (Å²) in [6.45, 7) is 2.03. The largest absolute Gasteiger partial charge is 0.465 e. The summed E-state index contributed by atoms with van der Waals surface area (Å²) in [4.78, 5) is 23.1. The number of nitrogens with one attached hydrogen (secondary N) is 1. The van der Waals surface area contributed by atoms with Crippen molar-refractivity contribution in [2.45, 2.75) is 32.2 Å². The first kappa shape index (κ1) is 15.2. The summed E-state index contributed by atoms with van der Waals surface area (Å²) in [5.74, 6) is 0.328. The first-order chi connectivity index (χ1) is 8.13. The van der Waals surface area contributed by atoms with Crippen LogP contribution in [0.2, 0.25) is 0 Å². The van der Waals surface area contributed by atoms with Gasteiger partial charge in [0.05, 0.1) is 12.5 Å². The van der Waals surface area contributed by atoms with Crippen LogP contribution in [0.1, 0.15) is 26.2 Å². The third kappa shape index (κ3) is 2.95. The molecule has 5 nitrogen and oxygen atoms in total. The van der Waals surface area contributed by atoms with Crippen LogP contribution in [0.15, 0.2) is 0 Å². The minimum atomic E-state index is -0.391. The molecule has 4 atom stereocenters. The van der Waals surface area contributed by atoms with Crippen molar-refractivity contribution in [3.05, 3.63) is 0 Å². The van der Waals surface area contributed by atoms with Gasteiger partial charge in [-0.25, -0.2) is 0 Å². The van der Waals surface area contributed by atoms with E-state index in [9.17, 15) is 9.59 Å². The first-order valence-corrected chi connectivity index (χ1v) is 6.32. The first-order valence-electron chi connectivity index (χ1n) is 6.32. The molecule has 0 radical (unpaired) electrons. The summed E-state index contributed by atoms with van der Waals surface area (Å²) in [5.41, 5.74) is 6.05. The molecule has 0 spiro atoms. The second-order valence-corrected chi connectivity index (χ2v) is 4.96. The highest BCUT2D eigenvalue weighted by molar-refractivity contribution is 5.85. The van der Waals surface area contributed by atoms with E-state index < -0.39 is 5.97 Å². The second-order valence-electron chi connectivity index (χ2n) is 4.96. The van der Waals surface area contributed by atoms with Gasteiger partial charge in [-0.1, -0.05) is 0 Å². The highest BCUT2D eigenvalue weighted by atomic mass is 35.5. The highest BCUT2D eigenvalue weighted by Gasteiger charge is 2.48. The fraction of sp³-hybridized carbons (Fsp3) is 0.833. The Hall–Kier alpha value is -0.810. The lowest BCUT2D eigenvalue weighted by atomic mass is 9.84. The van der Waals surface area contributed by atoms with Crippen LogP contribution in [-0.4, -0.2) is 31.1 Å². The number of amides is 1. The molecule has 4 unspecified atom stereocenters. The predicted molar refractivity (Wildman–Crippen MR) is 69.2 cm³/mol. The molecule has 0 aromatic carbocycles. The zero-order valence-corrected chi connectivity index (χ0v) is 11.4. The predicted octanol–water partition coefficient (Wildman–Crippen LogP) is 0.461. The summed E-state index contributed by atoms with van der Waals surface area (Å²) in [5, 5.41) is 2.63. The van der Waals surface area contributed by atoms with Gasteiger partial charge < -0.3 is 15.8 Å². The van der Waals surface area contributed by atoms with Crippen LogP contribution in [-0.2, 0) is 14.3 Å². The van der Waals surface area contributed by atoms with E-state index >= 15 is 0 Å². The fourth-order valence-corrected chi connectivity index (χ4v) is 3.21. The SMILES string of the molecule is CCOC(=O)CNC(=O)C1C2CCC(C2)C1N.Cl. The third-order valence-electron chi connectivity index (χ3n) is 4.00. The average Bonchev–Trinajstić information content (AvgIpc) is 2.86. The fourth-order valence-electron chi connectivity index (χ4n) is 3.21. The van der Waals surface area contributed by atoms with Gasteiger partial charge >= 0.3 is 5.97 Å². The third-order valence-corrected chi connectivity index (χ3v) is 4.00. The van der Waals surface area contributed by atoms with Crippen LogP contribution in [0.25, 0.3) is 0 Å². The van der Waals surface area contributed by atoms with E-state index in [1.807, 2.05) is 0 Å². The summed E-state index contributed by atoms with van der Waals surface area (Å²) >= 11 is 0. The Labute approximate surface area is 113 Å². The smallest absolute Gasteiger partial charge is 0.325 e. The molecule has 2 rings (SSSR count). The molecule has 2 saturated carbocycles. The Kier molecular flexibility index (Phi) is 5.41. The number of ether oxygens (including phenoxy) is 1. The van der Waals surface area contributed by atoms with Crippen molar-refractivity contribution in [1.29, 1.82) is 0 Å². The molecule has 2 fully saturated rings. The Balaban J connectivity index is 0.00000162. The van der Waals surface area contributed by atoms with Crippen molar-refractivity contribution < 1.29 is 14.3 Å². The molecule has 6 heteroatoms. The van der Waals surface area contributed by atoms with Gasteiger partial charge in [0.15, 0.2) is 0 Å². The Morgan fingerprint density at radius 3 is 2.56 bits per heavy atom. The molecule has 18 heavy (non-hydrogen) atoms. The van der Waals surface area contributed by atoms with Crippen LogP contribution in [0, 0.1) is 17.8 Å². The molecular formula is C12H21ClN2O3. The van der Waals surface area contributed by atoms with Crippen LogP contribution in [0.5, 0.6) is 0 Å². The Morgan fingerprint density at radius 2 is 2.00 bits per heavy atom. The molecule has 2 aliphatic rings. The lowest BCUT2D eigenvalue weighted by molar-refractivity contribution is -0.144. The lowest BCUT2D eigenvalue weighted by Gasteiger charge is -2.26. The minimum Gasteiger partial charge on any atom is -0.465 e. The van der Waals surface area contributed by atoms with Gasteiger partial charge in [-0.3, -0.25) is 9.59 Å². The zero-order chi connectivity index (χ0) is 12.4. The number of hydrogen-bond donors (Lipinski definition) is 2. The summed E-state index contributed by atoms with van der Waals surface area (Å²) < 4.78 is 4.76. The molecule has 2 bridgehead atoms. The van der Waals surface area contributed by atoms with E-state index in [2.05, 4.69) is 5.32 Å². The molecule has 0 heterocycles. The topological polar surface area (TPSA) is 81.4 Å². The van der Waals surface area contributed by atoms with Crippen molar-refractivity contribution in [1.82, 2.24) is 5.32 Å². The maximum atomic E-state index is 12.0. The second kappa shape index (κ2) is 6.38. The molecule has 0 aromatic heterocycles. The van der Waals surface area contributed by atoms with E-state index in [0.717, 1.165) is 19.3 Å². The standard InChI is InChI=1S/C12H20N2O3.ClH/c1-2-17-9(15)6-14-12(16)10-7-3-4-8(5-7)11(10)13;/h7-8,10-11H,2-6,13H2,1H3,(H,14,16);1H. The van der Waals surface area contributed by atoms with Crippen molar-refractivity contribution in [3.8, 4) is 0 Å². The average molecular weight is 277 g/mol. The number of rotatable bonds is 4. The van der Waals surface area contributed by atoms with E-state index in [0.29, 0.717) is 18.4 Å². The summed E-state index contributed by atoms with van der Waals surface area (Å²) in [6.07, 6.45) is 3.31. The van der Waals surface area contributed by atoms with E-state index in [-0.39, 0.29) is 36.8 Å². The van der Waals surface area contributed by atoms with Crippen LogP contribution < -0.4 is 11.1 Å². The molecular weight excluding hydrogens is 256 g/mol. The number of esters is 1. The van der Waals surface area contributed by atoms with Crippen LogP contribution in [0.3, 0.4) is 0 Å². The molecule has 3 N–H and O–H groups in total. The van der Waals surface area contributed by atoms with Crippen LogP contribution >= 0.6 is 12.4 Å². The zero-order valence-electron chi connectivity index (χ0n) is 10.6. The van der Waals surface area contributed by atoms with Gasteiger partial charge in [-0.05, 0) is 38.0 Å². The van der Waals surface area contributed by atoms with E-state index in [1.165, 1.54) is 0 Å². The van der Waals surface area contributed by atoms with Gasteiger partial charge in [0, 0.05) is 6.04 Å². The number of hydrogen-bond acceptors (Lipinski definition) is 4. The van der Waals surface area contributed by atoms with Crippen LogP contribution in [0.4, 0.5) is 0 Å². The summed E-state index contributed by atoms with van der Waals surface area (Å²) in [7, 11) is 0. The Bertz CT molecular complexity index is 322. The highest BCUT2D eigenvalue weighted by Crippen LogP contribution is 2.47. The van der Waals surface area contributed by atoms with Gasteiger partial charge in [0.1, 0.15) is 6.54 Å². The molecule has 0 aliphatic heterocycles. The number of halogens is 1. The van der Waals surface area contributed by atoms with Crippen molar-refractivity contribution in [2.24, 2.45) is 23.5 Å². The lowest BCUT2D eigenvalue weighted by Crippen LogP contribution is -2.46. The Morgan fingerprint density at radius 1 is 1.33 bits per heavy atom. The van der Waals surface area contributed by atoms with Crippen molar-refractivity contribution >= 4 is 24.3 Å². The van der Waals surface area contributed by atoms with E-state index in [1.54, 1.807) is 6.92 Å². The van der Waals surface area contributed by atoms with Gasteiger partial charge in [-0.2, -0.15) is 0 Å². The maximum Gasteiger partial charge on any atom is 0.325 e. The molecule has 104 valence electrons. The number of fused-ring (bicyclic) bond motifs is 2. The number of carbonyl (C=O) groups excluding carboxylic acids is 2. The molecule has 1 amide bonds. The molecule has 2 aliphatic carbocycles. The monoisotopic (exact) mass is 276 g/mol. The summed E-state index contributed by atoms with van der Waals surface area (Å²) in [6, 6.07) is -0.0315. The van der Waals surface area contributed by atoms with Gasteiger partial charge in [0.2, 0.25) is 5.91 Å². The van der Waals surface area contributed by atoms with Gasteiger partial charge in [0.25, 0.3) is 0 Å². The quantitative estimate of drug-likeness (QED) is 0.731. The molecule has 0 saturated heterocycles. The van der Waals surface area contributed by atoms with Crippen molar-refractivity contribution in [2.75, 3.05) is 13.2 Å². The van der Waals surface area contributed by atoms with Crippen molar-refractivity contribution in [3.63, 3.8) is 0 Å². The normalized spacial score (nSPS) is 32.8.